The molecule has 2 unspecified atom stereocenters. The molecule has 5 heteroatoms. The Kier molecular flexibility index (Phi) is 4.06. The van der Waals surface area contributed by atoms with Crippen LogP contribution in [0.4, 0.5) is 4.79 Å². The van der Waals surface area contributed by atoms with E-state index in [-0.39, 0.29) is 12.1 Å². The van der Waals surface area contributed by atoms with Gasteiger partial charge >= 0.3 is 6.09 Å². The van der Waals surface area contributed by atoms with Crippen LogP contribution in [-0.4, -0.2) is 34.7 Å². The predicted molar refractivity (Wildman–Crippen MR) is 75.6 cm³/mol. The molecule has 0 spiro atoms. The van der Waals surface area contributed by atoms with Crippen molar-refractivity contribution in [1.29, 1.82) is 0 Å². The lowest BCUT2D eigenvalue weighted by Gasteiger charge is -2.28. The minimum atomic E-state index is -0.455. The van der Waals surface area contributed by atoms with Gasteiger partial charge in [0.1, 0.15) is 11.4 Å². The van der Waals surface area contributed by atoms with Crippen LogP contribution in [0.1, 0.15) is 57.6 Å². The Morgan fingerprint density at radius 3 is 2.70 bits per heavy atom. The van der Waals surface area contributed by atoms with E-state index in [9.17, 15) is 4.79 Å². The second-order valence-electron chi connectivity index (χ2n) is 6.56. The second-order valence-corrected chi connectivity index (χ2v) is 6.56. The summed E-state index contributed by atoms with van der Waals surface area (Å²) < 4.78 is 11.0. The van der Waals surface area contributed by atoms with Crippen molar-refractivity contribution in [2.75, 3.05) is 7.05 Å². The lowest BCUT2D eigenvalue weighted by molar-refractivity contribution is 0.0225. The molecule has 1 aliphatic carbocycles. The molecule has 20 heavy (non-hydrogen) atoms. The summed E-state index contributed by atoms with van der Waals surface area (Å²) in [4.78, 5) is 18.1. The molecule has 0 aliphatic heterocycles. The predicted octanol–water partition coefficient (Wildman–Crippen LogP) is 3.49. The first-order chi connectivity index (χ1) is 9.26. The number of carbonyl (C=O) groups is 1. The van der Waals surface area contributed by atoms with Gasteiger partial charge in [-0.25, -0.2) is 9.78 Å². The largest absolute Gasteiger partial charge is 0.446 e. The van der Waals surface area contributed by atoms with Crippen molar-refractivity contribution in [2.24, 2.45) is 0 Å². The molecule has 1 heterocycles. The van der Waals surface area contributed by atoms with E-state index in [1.807, 2.05) is 34.7 Å². The average Bonchev–Trinajstić information content (AvgIpc) is 2.93. The van der Waals surface area contributed by atoms with Gasteiger partial charge in [-0.3, -0.25) is 0 Å². The van der Waals surface area contributed by atoms with Gasteiger partial charge in [-0.2, -0.15) is 0 Å². The summed E-state index contributed by atoms with van der Waals surface area (Å²) in [6, 6.07) is 0.196. The highest BCUT2D eigenvalue weighted by molar-refractivity contribution is 5.68. The van der Waals surface area contributed by atoms with Crippen LogP contribution in [0.15, 0.2) is 10.6 Å². The minimum absolute atomic E-state index is 0.196. The third kappa shape index (κ3) is 3.52. The summed E-state index contributed by atoms with van der Waals surface area (Å²) in [7, 11) is 1.81. The summed E-state index contributed by atoms with van der Waals surface area (Å²) in [5.41, 5.74) is -0.455. The second kappa shape index (κ2) is 5.46. The highest BCUT2D eigenvalue weighted by Gasteiger charge is 2.34. The maximum atomic E-state index is 12.1. The maximum Gasteiger partial charge on any atom is 0.410 e. The monoisotopic (exact) mass is 280 g/mol. The highest BCUT2D eigenvalue weighted by Crippen LogP contribution is 2.36. The van der Waals surface area contributed by atoms with Gasteiger partial charge < -0.3 is 14.1 Å². The Balaban J connectivity index is 1.93. The molecule has 112 valence electrons. The van der Waals surface area contributed by atoms with E-state index < -0.39 is 5.60 Å². The van der Waals surface area contributed by atoms with Gasteiger partial charge in [0.05, 0.1) is 6.20 Å². The van der Waals surface area contributed by atoms with Crippen LogP contribution < -0.4 is 0 Å². The molecule has 1 aromatic rings. The van der Waals surface area contributed by atoms with Crippen molar-refractivity contribution in [3.8, 4) is 0 Å². The van der Waals surface area contributed by atoms with Gasteiger partial charge in [0.25, 0.3) is 0 Å². The Morgan fingerprint density at radius 1 is 1.45 bits per heavy atom. The number of nitrogens with zero attached hydrogens (tertiary/aromatic N) is 2. The van der Waals surface area contributed by atoms with Crippen molar-refractivity contribution < 1.29 is 13.9 Å². The Bertz CT molecular complexity index is 476. The zero-order chi connectivity index (χ0) is 14.9. The first kappa shape index (κ1) is 14.9. The molecule has 5 nitrogen and oxygen atoms in total. The topological polar surface area (TPSA) is 55.6 Å². The van der Waals surface area contributed by atoms with Crippen molar-refractivity contribution >= 4 is 6.09 Å². The van der Waals surface area contributed by atoms with Gasteiger partial charge in [-0.1, -0.05) is 0 Å². The quantitative estimate of drug-likeness (QED) is 0.832. The summed E-state index contributed by atoms with van der Waals surface area (Å²) in [5.74, 6) is 1.94. The molecule has 1 saturated carbocycles. The molecule has 2 rings (SSSR count). The lowest BCUT2D eigenvalue weighted by Crippen LogP contribution is -2.39. The Labute approximate surface area is 120 Å². The number of aryl methyl sites for hydroxylation is 1. The maximum absolute atomic E-state index is 12.1. The Morgan fingerprint density at radius 2 is 2.15 bits per heavy atom. The van der Waals surface area contributed by atoms with E-state index in [1.165, 1.54) is 0 Å². The van der Waals surface area contributed by atoms with E-state index in [0.717, 1.165) is 30.9 Å². The molecule has 0 aromatic carbocycles. The van der Waals surface area contributed by atoms with Gasteiger partial charge in [-0.05, 0) is 47.0 Å². The van der Waals surface area contributed by atoms with Crippen molar-refractivity contribution in [1.82, 2.24) is 9.88 Å². The van der Waals surface area contributed by atoms with Gasteiger partial charge in [-0.15, -0.1) is 0 Å². The number of rotatable bonds is 2. The van der Waals surface area contributed by atoms with Crippen molar-refractivity contribution in [2.45, 2.75) is 64.5 Å². The van der Waals surface area contributed by atoms with E-state index >= 15 is 0 Å². The summed E-state index contributed by atoms with van der Waals surface area (Å²) in [6.07, 6.45) is 4.34. The van der Waals surface area contributed by atoms with E-state index in [4.69, 9.17) is 9.15 Å². The molecule has 1 aromatic heterocycles. The zero-order valence-electron chi connectivity index (χ0n) is 13.0. The Hall–Kier alpha value is -1.52. The molecule has 1 amide bonds. The molecule has 0 saturated heterocycles. The number of ether oxygens (including phenoxy) is 1. The molecular formula is C15H24N2O3. The molecule has 0 bridgehead atoms. The van der Waals surface area contributed by atoms with Crippen LogP contribution in [0.3, 0.4) is 0 Å². The first-order valence-corrected chi connectivity index (χ1v) is 7.14. The summed E-state index contributed by atoms with van der Waals surface area (Å²) in [6.45, 7) is 7.54. The molecule has 1 aliphatic rings. The van der Waals surface area contributed by atoms with E-state index in [0.29, 0.717) is 5.92 Å². The summed E-state index contributed by atoms with van der Waals surface area (Å²) >= 11 is 0. The third-order valence-corrected chi connectivity index (χ3v) is 3.62. The van der Waals surface area contributed by atoms with Crippen LogP contribution in [-0.2, 0) is 4.74 Å². The summed E-state index contributed by atoms with van der Waals surface area (Å²) in [5, 5.41) is 0. The number of oxazole rings is 1. The fourth-order valence-corrected chi connectivity index (χ4v) is 2.58. The molecule has 0 radical (unpaired) electrons. The minimum Gasteiger partial charge on any atom is -0.446 e. The standard InChI is InChI=1S/C15H24N2O3/c1-10-9-16-13(19-10)11-6-7-12(8-11)17(5)14(18)20-15(2,3)4/h9,11-12H,6-8H2,1-5H3. The average molecular weight is 280 g/mol. The fourth-order valence-electron chi connectivity index (χ4n) is 2.58. The van der Waals surface area contributed by atoms with Crippen LogP contribution in [0.5, 0.6) is 0 Å². The van der Waals surface area contributed by atoms with Gasteiger partial charge in [0.15, 0.2) is 5.89 Å². The zero-order valence-corrected chi connectivity index (χ0v) is 13.0. The number of amides is 1. The molecule has 1 fully saturated rings. The van der Waals surface area contributed by atoms with Gasteiger partial charge in [0.2, 0.25) is 0 Å². The molecule has 2 atom stereocenters. The van der Waals surface area contributed by atoms with Crippen molar-refractivity contribution in [3.63, 3.8) is 0 Å². The highest BCUT2D eigenvalue weighted by atomic mass is 16.6. The van der Waals surface area contributed by atoms with Crippen LogP contribution in [0.25, 0.3) is 0 Å². The molecular weight excluding hydrogens is 256 g/mol. The SMILES string of the molecule is Cc1cnc(C2CCC(N(C)C(=O)OC(C)(C)C)C2)o1. The number of carbonyl (C=O) groups excluding carboxylic acids is 1. The number of aromatic nitrogens is 1. The van der Waals surface area contributed by atoms with E-state index in [2.05, 4.69) is 4.98 Å². The van der Waals surface area contributed by atoms with Crippen LogP contribution in [0.2, 0.25) is 0 Å². The van der Waals surface area contributed by atoms with Crippen LogP contribution in [0, 0.1) is 6.92 Å². The number of hydrogen-bond donors (Lipinski definition) is 0. The smallest absolute Gasteiger partial charge is 0.410 e. The van der Waals surface area contributed by atoms with Crippen LogP contribution >= 0.6 is 0 Å². The lowest BCUT2D eigenvalue weighted by atomic mass is 10.1. The number of hydrogen-bond acceptors (Lipinski definition) is 4. The fraction of sp³-hybridized carbons (Fsp3) is 0.733. The third-order valence-electron chi connectivity index (χ3n) is 3.62. The van der Waals surface area contributed by atoms with Gasteiger partial charge in [0, 0.05) is 19.0 Å². The first-order valence-electron chi connectivity index (χ1n) is 7.14. The van der Waals surface area contributed by atoms with E-state index in [1.54, 1.807) is 11.1 Å². The molecule has 0 N–H and O–H groups in total. The normalized spacial score (nSPS) is 22.9. The van der Waals surface area contributed by atoms with Crippen molar-refractivity contribution in [3.05, 3.63) is 17.8 Å².